The Hall–Kier alpha value is -0.940. The van der Waals surface area contributed by atoms with E-state index in [0.29, 0.717) is 12.5 Å². The van der Waals surface area contributed by atoms with Crippen LogP contribution in [0.1, 0.15) is 71.0 Å². The van der Waals surface area contributed by atoms with Crippen molar-refractivity contribution < 1.29 is 9.26 Å². The second-order valence-corrected chi connectivity index (χ2v) is 6.14. The molecule has 20 heavy (non-hydrogen) atoms. The maximum absolute atomic E-state index is 6.09. The van der Waals surface area contributed by atoms with Crippen molar-refractivity contribution in [1.82, 2.24) is 15.5 Å². The minimum atomic E-state index is -0.350. The zero-order valence-electron chi connectivity index (χ0n) is 13.2. The highest BCUT2D eigenvalue weighted by Gasteiger charge is 2.39. The highest BCUT2D eigenvalue weighted by atomic mass is 16.5. The highest BCUT2D eigenvalue weighted by Crippen LogP contribution is 2.38. The fraction of sp³-hybridized carbons (Fsp3) is 0.867. The molecule has 0 aliphatic heterocycles. The SMILES string of the molecule is CCOC1(c2noc(C(C)(C)NC)n2)CCCCCC1. The Morgan fingerprint density at radius 2 is 1.90 bits per heavy atom. The minimum absolute atomic E-state index is 0.316. The smallest absolute Gasteiger partial charge is 0.246 e. The summed E-state index contributed by atoms with van der Waals surface area (Å²) in [6.07, 6.45) is 6.83. The Morgan fingerprint density at radius 3 is 2.45 bits per heavy atom. The van der Waals surface area contributed by atoms with Crippen LogP contribution in [0, 0.1) is 0 Å². The Labute approximate surface area is 121 Å². The van der Waals surface area contributed by atoms with Crippen LogP contribution < -0.4 is 5.32 Å². The summed E-state index contributed by atoms with van der Waals surface area (Å²) in [7, 11) is 1.90. The van der Waals surface area contributed by atoms with Gasteiger partial charge in [-0.3, -0.25) is 0 Å². The predicted molar refractivity (Wildman–Crippen MR) is 77.4 cm³/mol. The molecule has 0 amide bonds. The van der Waals surface area contributed by atoms with Crippen molar-refractivity contribution >= 4 is 0 Å². The van der Waals surface area contributed by atoms with Gasteiger partial charge >= 0.3 is 0 Å². The van der Waals surface area contributed by atoms with Gasteiger partial charge in [0.15, 0.2) is 0 Å². The first kappa shape index (κ1) is 15.4. The zero-order chi connectivity index (χ0) is 14.6. The van der Waals surface area contributed by atoms with Crippen LogP contribution in [-0.4, -0.2) is 23.8 Å². The molecule has 0 bridgehead atoms. The molecular formula is C15H27N3O2. The lowest BCUT2D eigenvalue weighted by atomic mass is 9.93. The standard InChI is InChI=1S/C15H27N3O2/c1-5-19-15(10-8-6-7-9-11-15)12-17-13(20-18-12)14(2,3)16-4/h16H,5-11H2,1-4H3. The van der Waals surface area contributed by atoms with Crippen molar-refractivity contribution in [2.75, 3.05) is 13.7 Å². The van der Waals surface area contributed by atoms with Gasteiger partial charge in [0.2, 0.25) is 11.7 Å². The van der Waals surface area contributed by atoms with E-state index in [4.69, 9.17) is 9.26 Å². The quantitative estimate of drug-likeness (QED) is 0.840. The largest absolute Gasteiger partial charge is 0.367 e. The number of hydrogen-bond acceptors (Lipinski definition) is 5. The van der Waals surface area contributed by atoms with Gasteiger partial charge in [0.1, 0.15) is 5.60 Å². The van der Waals surface area contributed by atoms with E-state index in [9.17, 15) is 0 Å². The second kappa shape index (κ2) is 6.22. The van der Waals surface area contributed by atoms with Gasteiger partial charge in [0.05, 0.1) is 5.54 Å². The van der Waals surface area contributed by atoms with E-state index < -0.39 is 0 Å². The molecule has 1 heterocycles. The van der Waals surface area contributed by atoms with Crippen molar-refractivity contribution in [3.63, 3.8) is 0 Å². The third-order valence-corrected chi connectivity index (χ3v) is 4.33. The van der Waals surface area contributed by atoms with Crippen LogP contribution in [0.25, 0.3) is 0 Å². The van der Waals surface area contributed by atoms with Crippen molar-refractivity contribution in [2.24, 2.45) is 0 Å². The molecule has 1 aromatic rings. The van der Waals surface area contributed by atoms with Crippen LogP contribution in [0.4, 0.5) is 0 Å². The van der Waals surface area contributed by atoms with Crippen LogP contribution >= 0.6 is 0 Å². The topological polar surface area (TPSA) is 60.2 Å². The van der Waals surface area contributed by atoms with Gasteiger partial charge < -0.3 is 14.6 Å². The van der Waals surface area contributed by atoms with Gasteiger partial charge in [0, 0.05) is 6.61 Å². The Kier molecular flexibility index (Phi) is 4.81. The first-order chi connectivity index (χ1) is 9.54. The lowest BCUT2D eigenvalue weighted by molar-refractivity contribution is -0.0636. The summed E-state index contributed by atoms with van der Waals surface area (Å²) in [4.78, 5) is 4.64. The van der Waals surface area contributed by atoms with Crippen molar-refractivity contribution in [1.29, 1.82) is 0 Å². The van der Waals surface area contributed by atoms with E-state index in [-0.39, 0.29) is 11.1 Å². The second-order valence-electron chi connectivity index (χ2n) is 6.14. The van der Waals surface area contributed by atoms with E-state index in [1.165, 1.54) is 25.7 Å². The number of nitrogens with one attached hydrogen (secondary N) is 1. The predicted octanol–water partition coefficient (Wildman–Crippen LogP) is 3.11. The first-order valence-electron chi connectivity index (χ1n) is 7.71. The fourth-order valence-electron chi connectivity index (χ4n) is 2.78. The molecule has 1 N–H and O–H groups in total. The number of ether oxygens (including phenoxy) is 1. The molecule has 0 aromatic carbocycles. The lowest BCUT2D eigenvalue weighted by Crippen LogP contribution is -2.34. The third kappa shape index (κ3) is 3.04. The molecule has 0 radical (unpaired) electrons. The van der Waals surface area contributed by atoms with Gasteiger partial charge in [0.25, 0.3) is 0 Å². The molecule has 5 nitrogen and oxygen atoms in total. The van der Waals surface area contributed by atoms with Crippen molar-refractivity contribution in [3.05, 3.63) is 11.7 Å². The Bertz CT molecular complexity index is 421. The molecule has 1 aliphatic rings. The molecule has 1 fully saturated rings. The lowest BCUT2D eigenvalue weighted by Gasteiger charge is -2.29. The van der Waals surface area contributed by atoms with E-state index in [0.717, 1.165) is 18.7 Å². The van der Waals surface area contributed by atoms with Gasteiger partial charge in [-0.15, -0.1) is 0 Å². The maximum Gasteiger partial charge on any atom is 0.246 e. The maximum atomic E-state index is 6.09. The van der Waals surface area contributed by atoms with Crippen LogP contribution in [0.15, 0.2) is 4.52 Å². The minimum Gasteiger partial charge on any atom is -0.367 e. The summed E-state index contributed by atoms with van der Waals surface area (Å²) in [6, 6.07) is 0. The third-order valence-electron chi connectivity index (χ3n) is 4.33. The molecule has 0 unspecified atom stereocenters. The molecule has 5 heteroatoms. The van der Waals surface area contributed by atoms with Crippen LogP contribution in [0.2, 0.25) is 0 Å². The molecule has 1 aromatic heterocycles. The average Bonchev–Trinajstić information content (AvgIpc) is 2.83. The van der Waals surface area contributed by atoms with Crippen molar-refractivity contribution in [2.45, 2.75) is 70.4 Å². The van der Waals surface area contributed by atoms with E-state index in [1.807, 2.05) is 27.8 Å². The van der Waals surface area contributed by atoms with E-state index in [2.05, 4.69) is 15.5 Å². The molecular weight excluding hydrogens is 254 g/mol. The van der Waals surface area contributed by atoms with E-state index in [1.54, 1.807) is 0 Å². The van der Waals surface area contributed by atoms with Gasteiger partial charge in [-0.25, -0.2) is 0 Å². The molecule has 2 rings (SSSR count). The summed E-state index contributed by atoms with van der Waals surface area (Å²) in [6.45, 7) is 6.78. The van der Waals surface area contributed by atoms with E-state index >= 15 is 0 Å². The molecule has 114 valence electrons. The van der Waals surface area contributed by atoms with Crippen LogP contribution in [0.3, 0.4) is 0 Å². The number of aromatic nitrogens is 2. The van der Waals surface area contributed by atoms with Gasteiger partial charge in [-0.1, -0.05) is 30.8 Å². The summed E-state index contributed by atoms with van der Waals surface area (Å²) in [5.41, 5.74) is -0.666. The molecule has 1 saturated carbocycles. The fourth-order valence-corrected chi connectivity index (χ4v) is 2.78. The number of hydrogen-bond donors (Lipinski definition) is 1. The summed E-state index contributed by atoms with van der Waals surface area (Å²) in [5.74, 6) is 1.35. The monoisotopic (exact) mass is 281 g/mol. The molecule has 0 atom stereocenters. The normalized spacial score (nSPS) is 19.8. The molecule has 0 saturated heterocycles. The Morgan fingerprint density at radius 1 is 1.25 bits per heavy atom. The Balaban J connectivity index is 2.30. The highest BCUT2D eigenvalue weighted by molar-refractivity contribution is 5.06. The average molecular weight is 281 g/mol. The van der Waals surface area contributed by atoms with Crippen LogP contribution in [-0.2, 0) is 15.9 Å². The number of rotatable bonds is 5. The number of nitrogens with zero attached hydrogens (tertiary/aromatic N) is 2. The first-order valence-corrected chi connectivity index (χ1v) is 7.71. The van der Waals surface area contributed by atoms with Crippen LogP contribution in [0.5, 0.6) is 0 Å². The molecule has 0 spiro atoms. The van der Waals surface area contributed by atoms with Gasteiger partial charge in [-0.05, 0) is 40.7 Å². The summed E-state index contributed by atoms with van der Waals surface area (Å²) >= 11 is 0. The van der Waals surface area contributed by atoms with Gasteiger partial charge in [-0.2, -0.15) is 4.98 Å². The zero-order valence-corrected chi connectivity index (χ0v) is 13.2. The van der Waals surface area contributed by atoms with Crippen molar-refractivity contribution in [3.8, 4) is 0 Å². The summed E-state index contributed by atoms with van der Waals surface area (Å²) < 4.78 is 11.6. The molecule has 1 aliphatic carbocycles. The summed E-state index contributed by atoms with van der Waals surface area (Å²) in [5, 5.41) is 7.43.